The molecule has 3 N–H and O–H groups in total. The van der Waals surface area contributed by atoms with Crippen molar-refractivity contribution in [1.82, 2.24) is 15.1 Å². The molecule has 27 heavy (non-hydrogen) atoms. The Morgan fingerprint density at radius 1 is 1.07 bits per heavy atom. The fourth-order valence-electron chi connectivity index (χ4n) is 3.22. The number of nitrogens with two attached hydrogens (primary N) is 1. The van der Waals surface area contributed by atoms with Crippen molar-refractivity contribution in [3.8, 4) is 11.5 Å². The zero-order valence-electron chi connectivity index (χ0n) is 17.0. The van der Waals surface area contributed by atoms with Gasteiger partial charge in [-0.05, 0) is 43.6 Å². The van der Waals surface area contributed by atoms with E-state index in [9.17, 15) is 0 Å². The number of piperazine rings is 1. The number of guanidine groups is 1. The van der Waals surface area contributed by atoms with Crippen molar-refractivity contribution in [3.05, 3.63) is 23.8 Å². The van der Waals surface area contributed by atoms with Crippen LogP contribution in [0.4, 0.5) is 0 Å². The summed E-state index contributed by atoms with van der Waals surface area (Å²) in [5, 5.41) is 3.20. The molecular formula is C20H35N5O2. The Labute approximate surface area is 163 Å². The summed E-state index contributed by atoms with van der Waals surface area (Å²) >= 11 is 0. The minimum Gasteiger partial charge on any atom is -0.493 e. The second-order valence-corrected chi connectivity index (χ2v) is 6.80. The van der Waals surface area contributed by atoms with Gasteiger partial charge < -0.3 is 30.3 Å². The van der Waals surface area contributed by atoms with Gasteiger partial charge in [0.1, 0.15) is 0 Å². The van der Waals surface area contributed by atoms with Gasteiger partial charge in [-0.3, -0.25) is 0 Å². The number of likely N-dealkylation sites (N-methyl/N-ethyl adjacent to an activating group) is 1. The van der Waals surface area contributed by atoms with Gasteiger partial charge in [0.05, 0.1) is 20.8 Å². The number of nitrogens with one attached hydrogen (secondary N) is 1. The van der Waals surface area contributed by atoms with Gasteiger partial charge in [0, 0.05) is 32.7 Å². The number of rotatable bonds is 10. The Balaban J connectivity index is 1.62. The quantitative estimate of drug-likeness (QED) is 0.366. The van der Waals surface area contributed by atoms with Crippen molar-refractivity contribution < 1.29 is 9.47 Å². The summed E-state index contributed by atoms with van der Waals surface area (Å²) < 4.78 is 10.6. The molecule has 1 aliphatic heterocycles. The Kier molecular flexibility index (Phi) is 9.21. The number of methoxy groups -OCH3 is 2. The lowest BCUT2D eigenvalue weighted by atomic mass is 10.2. The maximum absolute atomic E-state index is 5.97. The van der Waals surface area contributed by atoms with Crippen LogP contribution in [0.1, 0.15) is 25.3 Å². The van der Waals surface area contributed by atoms with Gasteiger partial charge in [0.15, 0.2) is 17.5 Å². The molecule has 1 aliphatic rings. The summed E-state index contributed by atoms with van der Waals surface area (Å²) in [6, 6.07) is 5.78. The lowest BCUT2D eigenvalue weighted by molar-refractivity contribution is 0.136. The summed E-state index contributed by atoms with van der Waals surface area (Å²) in [4.78, 5) is 9.47. The molecule has 7 heteroatoms. The summed E-state index contributed by atoms with van der Waals surface area (Å²) in [6.45, 7) is 10.7. The van der Waals surface area contributed by atoms with Crippen LogP contribution < -0.4 is 20.5 Å². The van der Waals surface area contributed by atoms with Crippen LogP contribution in [0.15, 0.2) is 23.2 Å². The largest absolute Gasteiger partial charge is 0.493 e. The highest BCUT2D eigenvalue weighted by molar-refractivity contribution is 5.77. The zero-order chi connectivity index (χ0) is 19.5. The molecule has 0 unspecified atom stereocenters. The first-order valence-corrected chi connectivity index (χ1v) is 9.85. The van der Waals surface area contributed by atoms with Crippen molar-refractivity contribution in [2.75, 3.05) is 60.0 Å². The third kappa shape index (κ3) is 7.27. The van der Waals surface area contributed by atoms with E-state index in [0.717, 1.165) is 18.5 Å². The summed E-state index contributed by atoms with van der Waals surface area (Å²) in [5.74, 6) is 1.91. The molecule has 0 aromatic heterocycles. The SMILES string of the molecule is CCN1CCN(CCCCNC(N)=NCc2ccc(OC)c(OC)c2)CC1. The predicted molar refractivity (Wildman–Crippen MR) is 111 cm³/mol. The maximum Gasteiger partial charge on any atom is 0.188 e. The van der Waals surface area contributed by atoms with E-state index in [4.69, 9.17) is 15.2 Å². The monoisotopic (exact) mass is 377 g/mol. The Morgan fingerprint density at radius 3 is 2.44 bits per heavy atom. The minimum absolute atomic E-state index is 0.487. The first-order valence-electron chi connectivity index (χ1n) is 9.85. The summed E-state index contributed by atoms with van der Waals surface area (Å²) in [6.07, 6.45) is 2.28. The highest BCUT2D eigenvalue weighted by atomic mass is 16.5. The highest BCUT2D eigenvalue weighted by Crippen LogP contribution is 2.27. The van der Waals surface area contributed by atoms with Crippen LogP contribution >= 0.6 is 0 Å². The van der Waals surface area contributed by atoms with Crippen LogP contribution in [0.2, 0.25) is 0 Å². The van der Waals surface area contributed by atoms with E-state index in [-0.39, 0.29) is 0 Å². The van der Waals surface area contributed by atoms with Crippen LogP contribution in [0.5, 0.6) is 11.5 Å². The van der Waals surface area contributed by atoms with Gasteiger partial charge in [-0.25, -0.2) is 4.99 Å². The van der Waals surface area contributed by atoms with Gasteiger partial charge >= 0.3 is 0 Å². The number of unbranched alkanes of at least 4 members (excludes halogenated alkanes) is 1. The van der Waals surface area contributed by atoms with Crippen LogP contribution in [0.25, 0.3) is 0 Å². The van der Waals surface area contributed by atoms with Gasteiger partial charge in [-0.2, -0.15) is 0 Å². The molecule has 0 saturated carbocycles. The van der Waals surface area contributed by atoms with E-state index in [2.05, 4.69) is 27.0 Å². The molecule has 0 radical (unpaired) electrons. The van der Waals surface area contributed by atoms with Crippen LogP contribution in [0.3, 0.4) is 0 Å². The highest BCUT2D eigenvalue weighted by Gasteiger charge is 2.14. The van der Waals surface area contributed by atoms with Crippen molar-refractivity contribution in [2.45, 2.75) is 26.3 Å². The van der Waals surface area contributed by atoms with E-state index in [1.807, 2.05) is 18.2 Å². The Morgan fingerprint density at radius 2 is 1.78 bits per heavy atom. The summed E-state index contributed by atoms with van der Waals surface area (Å²) in [5.41, 5.74) is 7.00. The first kappa shape index (κ1) is 21.3. The van der Waals surface area contributed by atoms with Crippen LogP contribution in [0, 0.1) is 0 Å². The number of nitrogens with zero attached hydrogens (tertiary/aromatic N) is 3. The van der Waals surface area contributed by atoms with Crippen molar-refractivity contribution in [3.63, 3.8) is 0 Å². The Bertz CT molecular complexity index is 586. The van der Waals surface area contributed by atoms with E-state index in [1.54, 1.807) is 14.2 Å². The van der Waals surface area contributed by atoms with Gasteiger partial charge in [-0.1, -0.05) is 13.0 Å². The van der Waals surface area contributed by atoms with Crippen molar-refractivity contribution in [2.24, 2.45) is 10.7 Å². The van der Waals surface area contributed by atoms with E-state index in [0.29, 0.717) is 24.0 Å². The van der Waals surface area contributed by atoms with E-state index >= 15 is 0 Å². The van der Waals surface area contributed by atoms with Gasteiger partial charge in [0.25, 0.3) is 0 Å². The molecule has 152 valence electrons. The smallest absolute Gasteiger partial charge is 0.188 e. The topological polar surface area (TPSA) is 75.4 Å². The number of benzene rings is 1. The normalized spacial score (nSPS) is 16.3. The van der Waals surface area contributed by atoms with Crippen molar-refractivity contribution in [1.29, 1.82) is 0 Å². The molecule has 0 atom stereocenters. The zero-order valence-corrected chi connectivity index (χ0v) is 17.0. The molecular weight excluding hydrogens is 342 g/mol. The minimum atomic E-state index is 0.487. The maximum atomic E-state index is 5.97. The van der Waals surface area contributed by atoms with Gasteiger partial charge in [0.2, 0.25) is 0 Å². The summed E-state index contributed by atoms with van der Waals surface area (Å²) in [7, 11) is 3.26. The van der Waals surface area contributed by atoms with Crippen molar-refractivity contribution >= 4 is 5.96 Å². The number of ether oxygens (including phenoxy) is 2. The van der Waals surface area contributed by atoms with Crippen LogP contribution in [-0.4, -0.2) is 75.8 Å². The Hall–Kier alpha value is -1.99. The molecule has 1 heterocycles. The lowest BCUT2D eigenvalue weighted by Gasteiger charge is -2.33. The fraction of sp³-hybridized carbons (Fsp3) is 0.650. The second-order valence-electron chi connectivity index (χ2n) is 6.80. The average molecular weight is 378 g/mol. The van der Waals surface area contributed by atoms with E-state index < -0.39 is 0 Å². The number of aliphatic imine (C=N–C) groups is 1. The molecule has 1 saturated heterocycles. The molecule has 0 amide bonds. The third-order valence-corrected chi connectivity index (χ3v) is 5.00. The molecule has 0 aliphatic carbocycles. The average Bonchev–Trinajstić information content (AvgIpc) is 2.72. The number of hydrogen-bond acceptors (Lipinski definition) is 5. The molecule has 0 spiro atoms. The molecule has 1 fully saturated rings. The molecule has 0 bridgehead atoms. The lowest BCUT2D eigenvalue weighted by Crippen LogP contribution is -2.46. The molecule has 1 aromatic carbocycles. The standard InChI is InChI=1S/C20H35N5O2/c1-4-24-11-13-25(14-12-24)10-6-5-9-22-20(21)23-16-17-7-8-18(26-2)19(15-17)27-3/h7-8,15H,4-6,9-14,16H2,1-3H3,(H3,21,22,23). The first-order chi connectivity index (χ1) is 13.2. The third-order valence-electron chi connectivity index (χ3n) is 5.00. The van der Waals surface area contributed by atoms with Crippen LogP contribution in [-0.2, 0) is 6.54 Å². The van der Waals surface area contributed by atoms with Gasteiger partial charge in [-0.15, -0.1) is 0 Å². The molecule has 2 rings (SSSR count). The predicted octanol–water partition coefficient (Wildman–Crippen LogP) is 1.53. The molecule has 1 aromatic rings. The number of hydrogen-bond donors (Lipinski definition) is 2. The second kappa shape index (κ2) is 11.7. The molecule has 7 nitrogen and oxygen atoms in total. The fourth-order valence-corrected chi connectivity index (χ4v) is 3.22. The van der Waals surface area contributed by atoms with E-state index in [1.165, 1.54) is 45.7 Å².